The lowest BCUT2D eigenvalue weighted by atomic mass is 10.2. The van der Waals surface area contributed by atoms with Gasteiger partial charge in [0.25, 0.3) is 0 Å². The predicted molar refractivity (Wildman–Crippen MR) is 38.4 cm³/mol. The molecular formula is C7H16NO2+. The summed E-state index contributed by atoms with van der Waals surface area (Å²) in [5.74, 6) is 0. The highest BCUT2D eigenvalue weighted by Crippen LogP contribution is 2.18. The molecule has 1 heterocycles. The van der Waals surface area contributed by atoms with E-state index < -0.39 is 0 Å². The molecule has 0 aromatic rings. The maximum atomic E-state index is 5.09. The molecule has 0 amide bonds. The van der Waals surface area contributed by atoms with Crippen molar-refractivity contribution in [2.75, 3.05) is 40.8 Å². The molecule has 3 heteroatoms. The summed E-state index contributed by atoms with van der Waals surface area (Å²) in [6.45, 7) is 4.02. The number of hydrogen-bond acceptors (Lipinski definition) is 2. The number of methoxy groups -OCH3 is 2. The molecule has 0 radical (unpaired) electrons. The molecule has 3 nitrogen and oxygen atoms in total. The highest BCUT2D eigenvalue weighted by molar-refractivity contribution is 4.49. The fourth-order valence-corrected chi connectivity index (χ4v) is 1.45. The molecule has 60 valence electrons. The number of nitrogens with zero attached hydrogens (tertiary/aromatic N) is 1. The number of ether oxygens (including phenoxy) is 2. The first kappa shape index (κ1) is 7.98. The smallest absolute Gasteiger partial charge is 0.184 e. The fourth-order valence-electron chi connectivity index (χ4n) is 1.45. The van der Waals surface area contributed by atoms with Gasteiger partial charge in [-0.2, -0.15) is 0 Å². The van der Waals surface area contributed by atoms with Gasteiger partial charge in [-0.05, 0) is 0 Å². The first-order chi connectivity index (χ1) is 4.83. The Labute approximate surface area is 62.1 Å². The third-order valence-electron chi connectivity index (χ3n) is 2.07. The van der Waals surface area contributed by atoms with Crippen LogP contribution in [0.15, 0.2) is 0 Å². The zero-order chi connectivity index (χ0) is 7.45. The highest BCUT2D eigenvalue weighted by atomic mass is 16.5. The summed E-state index contributed by atoms with van der Waals surface area (Å²) in [6.07, 6.45) is 1.31. The van der Waals surface area contributed by atoms with Crippen molar-refractivity contribution in [3.63, 3.8) is 0 Å². The van der Waals surface area contributed by atoms with Crippen molar-refractivity contribution in [3.8, 4) is 0 Å². The minimum absolute atomic E-state index is 0.799. The molecule has 0 unspecified atom stereocenters. The number of hydrogen-bond donors (Lipinski definition) is 0. The van der Waals surface area contributed by atoms with Gasteiger partial charge in [0.05, 0.1) is 13.1 Å². The Bertz CT molecular complexity index is 93.8. The standard InChI is InChI=1S/C7H16NO2/c1-9-6-8(7-10-2)4-3-5-8/h3-7H2,1-2H3/q+1. The maximum Gasteiger partial charge on any atom is 0.184 e. The molecule has 0 bridgehead atoms. The summed E-state index contributed by atoms with van der Waals surface area (Å²) in [5, 5.41) is 0. The van der Waals surface area contributed by atoms with Gasteiger partial charge >= 0.3 is 0 Å². The van der Waals surface area contributed by atoms with Crippen molar-refractivity contribution in [1.82, 2.24) is 0 Å². The van der Waals surface area contributed by atoms with Crippen LogP contribution in [0.5, 0.6) is 0 Å². The van der Waals surface area contributed by atoms with Gasteiger partial charge in [-0.1, -0.05) is 0 Å². The van der Waals surface area contributed by atoms with Crippen LogP contribution in [0.3, 0.4) is 0 Å². The average Bonchev–Trinajstić information content (AvgIpc) is 1.84. The summed E-state index contributed by atoms with van der Waals surface area (Å²) in [6, 6.07) is 0. The van der Waals surface area contributed by atoms with Gasteiger partial charge in [0, 0.05) is 20.6 Å². The van der Waals surface area contributed by atoms with E-state index in [1.807, 2.05) is 0 Å². The van der Waals surface area contributed by atoms with Crippen molar-refractivity contribution in [2.45, 2.75) is 6.42 Å². The van der Waals surface area contributed by atoms with E-state index >= 15 is 0 Å². The second kappa shape index (κ2) is 3.32. The minimum Gasteiger partial charge on any atom is -0.335 e. The molecular weight excluding hydrogens is 130 g/mol. The summed E-state index contributed by atoms with van der Waals surface area (Å²) in [7, 11) is 3.49. The third kappa shape index (κ3) is 1.48. The molecule has 1 saturated heterocycles. The van der Waals surface area contributed by atoms with E-state index in [4.69, 9.17) is 9.47 Å². The fraction of sp³-hybridized carbons (Fsp3) is 1.00. The maximum absolute atomic E-state index is 5.09. The summed E-state index contributed by atoms with van der Waals surface area (Å²) >= 11 is 0. The van der Waals surface area contributed by atoms with Gasteiger partial charge in [0.15, 0.2) is 13.5 Å². The molecule has 0 aromatic carbocycles. The van der Waals surface area contributed by atoms with Crippen molar-refractivity contribution >= 4 is 0 Å². The molecule has 0 atom stereocenters. The number of likely N-dealkylation sites (tertiary alicyclic amines) is 1. The second-order valence-electron chi connectivity index (χ2n) is 2.98. The van der Waals surface area contributed by atoms with Gasteiger partial charge in [-0.3, -0.25) is 4.48 Å². The zero-order valence-corrected chi connectivity index (χ0v) is 6.80. The van der Waals surface area contributed by atoms with Crippen LogP contribution in [0.25, 0.3) is 0 Å². The average molecular weight is 146 g/mol. The SMILES string of the molecule is COC[N+]1(COC)CCC1. The van der Waals surface area contributed by atoms with E-state index in [1.54, 1.807) is 14.2 Å². The largest absolute Gasteiger partial charge is 0.335 e. The van der Waals surface area contributed by atoms with Crippen LogP contribution in [0.2, 0.25) is 0 Å². The van der Waals surface area contributed by atoms with Crippen LogP contribution < -0.4 is 0 Å². The Morgan fingerprint density at radius 1 is 1.10 bits per heavy atom. The lowest BCUT2D eigenvalue weighted by Gasteiger charge is -2.43. The van der Waals surface area contributed by atoms with Crippen LogP contribution in [-0.2, 0) is 9.47 Å². The van der Waals surface area contributed by atoms with E-state index in [-0.39, 0.29) is 0 Å². The summed E-state index contributed by atoms with van der Waals surface area (Å²) < 4.78 is 11.2. The summed E-state index contributed by atoms with van der Waals surface area (Å²) in [4.78, 5) is 0. The topological polar surface area (TPSA) is 18.5 Å². The third-order valence-corrected chi connectivity index (χ3v) is 2.07. The minimum atomic E-state index is 0.799. The van der Waals surface area contributed by atoms with Gasteiger partial charge in [0.2, 0.25) is 0 Å². The molecule has 0 saturated carbocycles. The van der Waals surface area contributed by atoms with E-state index in [2.05, 4.69) is 0 Å². The van der Waals surface area contributed by atoms with Gasteiger partial charge in [-0.15, -0.1) is 0 Å². The van der Waals surface area contributed by atoms with Crippen LogP contribution >= 0.6 is 0 Å². The molecule has 10 heavy (non-hydrogen) atoms. The quantitative estimate of drug-likeness (QED) is 0.535. The van der Waals surface area contributed by atoms with Crippen molar-refractivity contribution in [3.05, 3.63) is 0 Å². The molecule has 0 aliphatic carbocycles. The number of quaternary nitrogens is 1. The molecule has 0 spiro atoms. The monoisotopic (exact) mass is 146 g/mol. The van der Waals surface area contributed by atoms with Gasteiger partial charge in [-0.25, -0.2) is 0 Å². The lowest BCUT2D eigenvalue weighted by molar-refractivity contribution is -0.994. The number of rotatable bonds is 4. The normalized spacial score (nSPS) is 22.2. The van der Waals surface area contributed by atoms with Crippen molar-refractivity contribution in [2.24, 2.45) is 0 Å². The Hall–Kier alpha value is -0.120. The molecule has 1 aliphatic heterocycles. The van der Waals surface area contributed by atoms with Gasteiger partial charge < -0.3 is 9.47 Å². The van der Waals surface area contributed by atoms with Crippen molar-refractivity contribution < 1.29 is 14.0 Å². The van der Waals surface area contributed by atoms with E-state index in [0.29, 0.717) is 0 Å². The Kier molecular flexibility index (Phi) is 2.65. The van der Waals surface area contributed by atoms with Crippen LogP contribution in [0.1, 0.15) is 6.42 Å². The summed E-state index contributed by atoms with van der Waals surface area (Å²) in [5.41, 5.74) is 0. The molecule has 1 aliphatic rings. The van der Waals surface area contributed by atoms with E-state index in [0.717, 1.165) is 17.9 Å². The molecule has 0 N–H and O–H groups in total. The Morgan fingerprint density at radius 3 is 1.80 bits per heavy atom. The zero-order valence-electron chi connectivity index (χ0n) is 6.80. The molecule has 1 rings (SSSR count). The second-order valence-corrected chi connectivity index (χ2v) is 2.98. The van der Waals surface area contributed by atoms with Crippen LogP contribution in [-0.4, -0.2) is 45.3 Å². The lowest BCUT2D eigenvalue weighted by Crippen LogP contribution is -2.59. The molecule has 1 fully saturated rings. The first-order valence-electron chi connectivity index (χ1n) is 3.66. The van der Waals surface area contributed by atoms with E-state index in [1.165, 1.54) is 19.5 Å². The highest BCUT2D eigenvalue weighted by Gasteiger charge is 2.34. The van der Waals surface area contributed by atoms with Gasteiger partial charge in [0.1, 0.15) is 0 Å². The Balaban J connectivity index is 2.27. The van der Waals surface area contributed by atoms with Crippen molar-refractivity contribution in [1.29, 1.82) is 0 Å². The van der Waals surface area contributed by atoms with Crippen LogP contribution in [0, 0.1) is 0 Å². The predicted octanol–water partition coefficient (Wildman–Crippen LogP) is 0.415. The Morgan fingerprint density at radius 2 is 1.60 bits per heavy atom. The molecule has 0 aromatic heterocycles. The first-order valence-corrected chi connectivity index (χ1v) is 3.66. The van der Waals surface area contributed by atoms with Crippen LogP contribution in [0.4, 0.5) is 0 Å². The van der Waals surface area contributed by atoms with E-state index in [9.17, 15) is 0 Å².